The molecule has 0 amide bonds. The Hall–Kier alpha value is -1.65. The van der Waals surface area contributed by atoms with E-state index in [1.165, 1.54) is 7.11 Å². The fraction of sp³-hybridized carbons (Fsp3) is 0.471. The largest absolute Gasteiger partial charge is 0.466 e. The molecule has 0 radical (unpaired) electrons. The number of benzene rings is 1. The molecule has 4 nitrogen and oxygen atoms in total. The molecule has 112 valence electrons. The van der Waals surface area contributed by atoms with Gasteiger partial charge in [-0.3, -0.25) is 0 Å². The summed E-state index contributed by atoms with van der Waals surface area (Å²) in [5.74, 6) is -0.417. The molecule has 0 aliphatic carbocycles. The Morgan fingerprint density at radius 1 is 1.38 bits per heavy atom. The van der Waals surface area contributed by atoms with Crippen LogP contribution in [0.25, 0.3) is 0 Å². The number of ether oxygens (including phenoxy) is 3. The van der Waals surface area contributed by atoms with E-state index in [-0.39, 0.29) is 12.2 Å². The third-order valence-corrected chi connectivity index (χ3v) is 4.42. The molecular weight excluding hydrogens is 268 g/mol. The van der Waals surface area contributed by atoms with Crippen molar-refractivity contribution in [1.29, 1.82) is 0 Å². The van der Waals surface area contributed by atoms with Crippen LogP contribution in [0.2, 0.25) is 0 Å². The van der Waals surface area contributed by atoms with Gasteiger partial charge >= 0.3 is 5.97 Å². The molecule has 2 heterocycles. The minimum absolute atomic E-state index is 0.0734. The number of methoxy groups -OCH3 is 1. The minimum Gasteiger partial charge on any atom is -0.466 e. The summed E-state index contributed by atoms with van der Waals surface area (Å²) in [7, 11) is 1.37. The van der Waals surface area contributed by atoms with Crippen LogP contribution in [0.1, 0.15) is 30.9 Å². The van der Waals surface area contributed by atoms with Crippen LogP contribution in [0.15, 0.2) is 42.5 Å². The van der Waals surface area contributed by atoms with E-state index < -0.39 is 11.6 Å². The van der Waals surface area contributed by atoms with Gasteiger partial charge in [0.05, 0.1) is 24.9 Å². The van der Waals surface area contributed by atoms with Crippen LogP contribution in [0, 0.1) is 0 Å². The van der Waals surface area contributed by atoms with Crippen molar-refractivity contribution in [3.63, 3.8) is 0 Å². The van der Waals surface area contributed by atoms with Crippen molar-refractivity contribution in [1.82, 2.24) is 0 Å². The van der Waals surface area contributed by atoms with Crippen molar-refractivity contribution in [3.8, 4) is 0 Å². The molecule has 1 aromatic rings. The predicted molar refractivity (Wildman–Crippen MR) is 77.7 cm³/mol. The summed E-state index contributed by atoms with van der Waals surface area (Å²) in [6.07, 6.45) is 2.20. The maximum atomic E-state index is 11.9. The molecule has 3 unspecified atom stereocenters. The zero-order valence-corrected chi connectivity index (χ0v) is 12.2. The Morgan fingerprint density at radius 2 is 2.14 bits per heavy atom. The lowest BCUT2D eigenvalue weighted by atomic mass is 9.81. The van der Waals surface area contributed by atoms with E-state index >= 15 is 0 Å². The van der Waals surface area contributed by atoms with Gasteiger partial charge in [0.25, 0.3) is 0 Å². The Labute approximate surface area is 124 Å². The molecule has 0 N–H and O–H groups in total. The van der Waals surface area contributed by atoms with Crippen LogP contribution in [-0.4, -0.2) is 31.4 Å². The highest BCUT2D eigenvalue weighted by atomic mass is 16.6. The van der Waals surface area contributed by atoms with Gasteiger partial charge in [-0.15, -0.1) is 0 Å². The van der Waals surface area contributed by atoms with Crippen molar-refractivity contribution < 1.29 is 19.0 Å². The lowest BCUT2D eigenvalue weighted by molar-refractivity contribution is -0.146. The van der Waals surface area contributed by atoms with Crippen molar-refractivity contribution >= 4 is 5.97 Å². The van der Waals surface area contributed by atoms with E-state index in [9.17, 15) is 4.79 Å². The first-order chi connectivity index (χ1) is 10.2. The second-order valence-electron chi connectivity index (χ2n) is 5.58. The molecule has 2 aliphatic heterocycles. The first-order valence-corrected chi connectivity index (χ1v) is 7.29. The average Bonchev–Trinajstić information content (AvgIpc) is 2.95. The normalized spacial score (nSPS) is 31.5. The number of hydrogen-bond acceptors (Lipinski definition) is 4. The summed E-state index contributed by atoms with van der Waals surface area (Å²) < 4.78 is 17.0. The summed E-state index contributed by atoms with van der Waals surface area (Å²) in [4.78, 5) is 11.9. The third kappa shape index (κ3) is 2.39. The highest BCUT2D eigenvalue weighted by Gasteiger charge is 2.55. The number of rotatable bonds is 3. The molecule has 1 aromatic carbocycles. The van der Waals surface area contributed by atoms with Crippen LogP contribution in [0.5, 0.6) is 0 Å². The van der Waals surface area contributed by atoms with Gasteiger partial charge in [0.1, 0.15) is 5.60 Å². The Morgan fingerprint density at radius 3 is 2.86 bits per heavy atom. The summed E-state index contributed by atoms with van der Waals surface area (Å²) >= 11 is 0. The average molecular weight is 288 g/mol. The summed E-state index contributed by atoms with van der Waals surface area (Å²) in [5, 5.41) is 0. The fourth-order valence-electron chi connectivity index (χ4n) is 3.30. The zero-order chi connectivity index (χ0) is 14.9. The van der Waals surface area contributed by atoms with Gasteiger partial charge in [-0.1, -0.05) is 36.9 Å². The molecule has 0 spiro atoms. The second kappa shape index (κ2) is 5.62. The van der Waals surface area contributed by atoms with Crippen LogP contribution in [-0.2, 0) is 19.0 Å². The standard InChI is InChI=1S/C17H20O4/c1-12(16(18)19-2)17-11-14(13-7-4-3-5-8-13)21-15(17)9-6-10-20-17/h3-5,7-8,14-15H,1,6,9-11H2,2H3. The summed E-state index contributed by atoms with van der Waals surface area (Å²) in [5.41, 5.74) is 0.729. The lowest BCUT2D eigenvalue weighted by Crippen LogP contribution is -2.48. The lowest BCUT2D eigenvalue weighted by Gasteiger charge is -2.38. The molecule has 0 aromatic heterocycles. The SMILES string of the molecule is C=C(C(=O)OC)C12CC(c3ccccc3)OC1CCCO2. The van der Waals surface area contributed by atoms with Crippen LogP contribution in [0.3, 0.4) is 0 Å². The number of esters is 1. The van der Waals surface area contributed by atoms with E-state index in [0.29, 0.717) is 18.6 Å². The minimum atomic E-state index is -0.744. The Bertz CT molecular complexity index is 539. The number of carbonyl (C=O) groups excluding carboxylic acids is 1. The van der Waals surface area contributed by atoms with E-state index in [1.807, 2.05) is 30.3 Å². The first-order valence-electron chi connectivity index (χ1n) is 7.29. The summed E-state index contributed by atoms with van der Waals surface area (Å²) in [6, 6.07) is 10.0. The number of fused-ring (bicyclic) bond motifs is 1. The maximum absolute atomic E-state index is 11.9. The van der Waals surface area contributed by atoms with Gasteiger partial charge in [-0.25, -0.2) is 4.79 Å². The molecular formula is C17H20O4. The maximum Gasteiger partial charge on any atom is 0.336 e. The predicted octanol–water partition coefficient (Wildman–Crippen LogP) is 2.80. The van der Waals surface area contributed by atoms with Crippen LogP contribution >= 0.6 is 0 Å². The van der Waals surface area contributed by atoms with Gasteiger partial charge in [0.15, 0.2) is 0 Å². The fourth-order valence-corrected chi connectivity index (χ4v) is 3.30. The van der Waals surface area contributed by atoms with Gasteiger partial charge in [0.2, 0.25) is 0 Å². The van der Waals surface area contributed by atoms with Gasteiger partial charge in [-0.2, -0.15) is 0 Å². The summed E-state index contributed by atoms with van der Waals surface area (Å²) in [6.45, 7) is 4.55. The Balaban J connectivity index is 1.90. The van der Waals surface area contributed by atoms with E-state index in [0.717, 1.165) is 18.4 Å². The molecule has 3 rings (SSSR count). The quantitative estimate of drug-likeness (QED) is 0.634. The zero-order valence-electron chi connectivity index (χ0n) is 12.2. The molecule has 2 aliphatic rings. The molecule has 0 saturated carbocycles. The number of hydrogen-bond donors (Lipinski definition) is 0. The van der Waals surface area contributed by atoms with Gasteiger partial charge < -0.3 is 14.2 Å². The molecule has 0 bridgehead atoms. The molecule has 2 saturated heterocycles. The smallest absolute Gasteiger partial charge is 0.336 e. The third-order valence-electron chi connectivity index (χ3n) is 4.42. The van der Waals surface area contributed by atoms with Crippen molar-refractivity contribution in [3.05, 3.63) is 48.0 Å². The number of carbonyl (C=O) groups is 1. The monoisotopic (exact) mass is 288 g/mol. The van der Waals surface area contributed by atoms with Crippen LogP contribution < -0.4 is 0 Å². The van der Waals surface area contributed by atoms with Gasteiger partial charge in [-0.05, 0) is 18.4 Å². The first kappa shape index (κ1) is 14.3. The van der Waals surface area contributed by atoms with Crippen molar-refractivity contribution in [2.45, 2.75) is 37.1 Å². The van der Waals surface area contributed by atoms with Crippen molar-refractivity contribution in [2.75, 3.05) is 13.7 Å². The van der Waals surface area contributed by atoms with Crippen LogP contribution in [0.4, 0.5) is 0 Å². The molecule has 21 heavy (non-hydrogen) atoms. The van der Waals surface area contributed by atoms with E-state index in [1.54, 1.807) is 0 Å². The molecule has 2 fully saturated rings. The van der Waals surface area contributed by atoms with E-state index in [4.69, 9.17) is 14.2 Å². The molecule has 4 heteroatoms. The molecule has 3 atom stereocenters. The van der Waals surface area contributed by atoms with E-state index in [2.05, 4.69) is 6.58 Å². The topological polar surface area (TPSA) is 44.8 Å². The van der Waals surface area contributed by atoms with Crippen molar-refractivity contribution in [2.24, 2.45) is 0 Å². The highest BCUT2D eigenvalue weighted by Crippen LogP contribution is 2.49. The Kier molecular flexibility index (Phi) is 3.83. The van der Waals surface area contributed by atoms with Gasteiger partial charge in [0, 0.05) is 13.0 Å². The highest BCUT2D eigenvalue weighted by molar-refractivity contribution is 5.90. The second-order valence-corrected chi connectivity index (χ2v) is 5.58.